The second-order valence-electron chi connectivity index (χ2n) is 10.5. The molecule has 11 nitrogen and oxygen atoms in total. The van der Waals surface area contributed by atoms with Gasteiger partial charge in [0.2, 0.25) is 11.1 Å². The highest BCUT2D eigenvalue weighted by Gasteiger charge is 2.30. The third-order valence-corrected chi connectivity index (χ3v) is 10.1. The summed E-state index contributed by atoms with van der Waals surface area (Å²) in [6.07, 6.45) is 4.74. The number of aromatic nitrogens is 6. The average Bonchev–Trinajstić information content (AvgIpc) is 3.81. The predicted molar refractivity (Wildman–Crippen MR) is 179 cm³/mol. The summed E-state index contributed by atoms with van der Waals surface area (Å²) in [6, 6.07) is 19.0. The number of aromatic amines is 1. The van der Waals surface area contributed by atoms with Gasteiger partial charge in [-0.05, 0) is 55.0 Å². The van der Waals surface area contributed by atoms with Crippen molar-refractivity contribution in [3.8, 4) is 16.9 Å². The molecular weight excluding hydrogens is 659 g/mol. The van der Waals surface area contributed by atoms with Crippen LogP contribution in [-0.4, -0.2) is 37.9 Å². The zero-order valence-electron chi connectivity index (χ0n) is 25.0. The van der Waals surface area contributed by atoms with E-state index in [9.17, 15) is 13.2 Å². The fraction of sp³-hybridized carbons (Fsp3) is 0.0606. The van der Waals surface area contributed by atoms with Crippen LogP contribution in [0, 0.1) is 18.6 Å². The fourth-order valence-corrected chi connectivity index (χ4v) is 7.58. The SMILES string of the molecule is Cc1ccc(N(c2nccs2)S(=O)(=O)c2ccccc2)cc1-c1nc(NCc2ncc[nH]2)nc2c1ccc(=O)n2-c1c(F)cccc1F. The number of thiazole rings is 1. The zero-order valence-corrected chi connectivity index (χ0v) is 26.6. The summed E-state index contributed by atoms with van der Waals surface area (Å²) in [6.45, 7) is 1.98. The minimum absolute atomic E-state index is 0.0310. The Morgan fingerprint density at radius 3 is 2.44 bits per heavy atom. The van der Waals surface area contributed by atoms with Crippen LogP contribution in [0.1, 0.15) is 11.4 Å². The third-order valence-electron chi connectivity index (χ3n) is 7.47. The van der Waals surface area contributed by atoms with E-state index in [1.807, 2.05) is 6.92 Å². The molecule has 0 saturated heterocycles. The summed E-state index contributed by atoms with van der Waals surface area (Å²) in [4.78, 5) is 34.1. The first-order chi connectivity index (χ1) is 23.2. The predicted octanol–water partition coefficient (Wildman–Crippen LogP) is 6.35. The van der Waals surface area contributed by atoms with E-state index in [1.54, 1.807) is 54.2 Å². The first-order valence-corrected chi connectivity index (χ1v) is 16.8. The Morgan fingerprint density at radius 2 is 1.73 bits per heavy atom. The Bertz CT molecular complexity index is 2420. The van der Waals surface area contributed by atoms with Gasteiger partial charge in [0, 0.05) is 41.0 Å². The number of nitrogens with one attached hydrogen (secondary N) is 2. The van der Waals surface area contributed by atoms with Gasteiger partial charge in [-0.3, -0.25) is 9.36 Å². The van der Waals surface area contributed by atoms with E-state index in [0.29, 0.717) is 17.0 Å². The molecule has 4 heterocycles. The lowest BCUT2D eigenvalue weighted by atomic mass is 10.0. The minimum atomic E-state index is -4.13. The van der Waals surface area contributed by atoms with Crippen LogP contribution in [0.5, 0.6) is 0 Å². The molecule has 240 valence electrons. The summed E-state index contributed by atoms with van der Waals surface area (Å²) in [7, 11) is -4.13. The molecule has 0 bridgehead atoms. The number of fused-ring (bicyclic) bond motifs is 1. The molecule has 0 aliphatic rings. The Morgan fingerprint density at radius 1 is 0.938 bits per heavy atom. The summed E-state index contributed by atoms with van der Waals surface area (Å²) >= 11 is 1.15. The maximum atomic E-state index is 15.2. The molecule has 0 radical (unpaired) electrons. The molecule has 4 aromatic heterocycles. The Balaban J connectivity index is 1.48. The van der Waals surface area contributed by atoms with Gasteiger partial charge in [-0.15, -0.1) is 11.3 Å². The van der Waals surface area contributed by atoms with E-state index in [-0.39, 0.29) is 44.9 Å². The number of rotatable bonds is 9. The molecule has 0 spiro atoms. The van der Waals surface area contributed by atoms with Gasteiger partial charge in [0.25, 0.3) is 15.6 Å². The maximum absolute atomic E-state index is 15.2. The average molecular weight is 683 g/mol. The molecule has 7 rings (SSSR count). The summed E-state index contributed by atoms with van der Waals surface area (Å²) in [5.41, 5.74) is 0.331. The number of para-hydroxylation sites is 1. The number of sulfonamides is 1. The molecule has 0 saturated carbocycles. The lowest BCUT2D eigenvalue weighted by Gasteiger charge is -2.23. The van der Waals surface area contributed by atoms with Crippen LogP contribution in [0.3, 0.4) is 0 Å². The quantitative estimate of drug-likeness (QED) is 0.180. The van der Waals surface area contributed by atoms with Crippen LogP contribution in [0.25, 0.3) is 28.0 Å². The maximum Gasteiger partial charge on any atom is 0.270 e. The van der Waals surface area contributed by atoms with Crippen LogP contribution in [0.2, 0.25) is 0 Å². The topological polar surface area (TPSA) is 139 Å². The van der Waals surface area contributed by atoms with E-state index in [2.05, 4.69) is 25.3 Å². The van der Waals surface area contributed by atoms with Crippen molar-refractivity contribution in [1.82, 2.24) is 29.5 Å². The number of hydrogen-bond donors (Lipinski definition) is 2. The van der Waals surface area contributed by atoms with Crippen molar-refractivity contribution < 1.29 is 17.2 Å². The molecule has 0 atom stereocenters. The van der Waals surface area contributed by atoms with E-state index in [0.717, 1.165) is 32.3 Å². The number of anilines is 3. The molecule has 0 amide bonds. The molecule has 15 heteroatoms. The smallest absolute Gasteiger partial charge is 0.270 e. The number of nitrogens with zero attached hydrogens (tertiary/aromatic N) is 6. The van der Waals surface area contributed by atoms with Gasteiger partial charge in [0.15, 0.2) is 5.65 Å². The first-order valence-electron chi connectivity index (χ1n) is 14.4. The largest absolute Gasteiger partial charge is 0.347 e. The van der Waals surface area contributed by atoms with Gasteiger partial charge in [0.1, 0.15) is 23.1 Å². The second kappa shape index (κ2) is 12.4. The molecular formula is C33H24F2N8O3S2. The van der Waals surface area contributed by atoms with Crippen LogP contribution in [-0.2, 0) is 16.6 Å². The normalized spacial score (nSPS) is 11.6. The van der Waals surface area contributed by atoms with Crippen LogP contribution >= 0.6 is 11.3 Å². The zero-order chi connectivity index (χ0) is 33.4. The van der Waals surface area contributed by atoms with E-state index >= 15 is 8.78 Å². The number of benzene rings is 3. The number of pyridine rings is 1. The van der Waals surface area contributed by atoms with Crippen LogP contribution < -0.4 is 15.2 Å². The standard InChI is InChI=1S/C33H24F2N8O3S2/c1-20-10-11-21(43(33-38-16-17-47-33)48(45,46)22-6-3-2-4-7-22)18-24(20)29-23-12-13-28(44)42(30-25(34)8-5-9-26(30)35)31(23)41-32(40-29)39-19-27-36-14-15-37-27/h2-18H,19H2,1H3,(H,36,37)(H,39,40,41). The third kappa shape index (κ3) is 5.58. The van der Waals surface area contributed by atoms with Crippen molar-refractivity contribution in [2.45, 2.75) is 18.4 Å². The van der Waals surface area contributed by atoms with Crippen molar-refractivity contribution in [1.29, 1.82) is 0 Å². The lowest BCUT2D eigenvalue weighted by Crippen LogP contribution is -2.26. The summed E-state index contributed by atoms with van der Waals surface area (Å²) in [5.74, 6) is -1.32. The molecule has 0 fully saturated rings. The lowest BCUT2D eigenvalue weighted by molar-refractivity contribution is 0.568. The van der Waals surface area contributed by atoms with E-state index in [1.165, 1.54) is 36.5 Å². The molecule has 0 aliphatic carbocycles. The Hall–Kier alpha value is -5.80. The Kier molecular flexibility index (Phi) is 7.98. The van der Waals surface area contributed by atoms with Crippen molar-refractivity contribution in [3.63, 3.8) is 0 Å². The highest BCUT2D eigenvalue weighted by molar-refractivity contribution is 7.93. The monoisotopic (exact) mass is 682 g/mol. The Labute approximate surface area is 276 Å². The van der Waals surface area contributed by atoms with Gasteiger partial charge in [-0.1, -0.05) is 30.3 Å². The first kappa shape index (κ1) is 30.8. The van der Waals surface area contributed by atoms with Crippen molar-refractivity contribution in [2.75, 3.05) is 9.62 Å². The highest BCUT2D eigenvalue weighted by Crippen LogP contribution is 2.38. The number of aryl methyl sites for hydroxylation is 1. The summed E-state index contributed by atoms with van der Waals surface area (Å²) in [5, 5.41) is 5.24. The molecule has 48 heavy (non-hydrogen) atoms. The molecule has 2 N–H and O–H groups in total. The van der Waals surface area contributed by atoms with Gasteiger partial charge in [-0.2, -0.15) is 4.98 Å². The second-order valence-corrected chi connectivity index (χ2v) is 13.2. The number of halogens is 2. The van der Waals surface area contributed by atoms with E-state index in [4.69, 9.17) is 4.98 Å². The minimum Gasteiger partial charge on any atom is -0.347 e. The van der Waals surface area contributed by atoms with Crippen molar-refractivity contribution in [3.05, 3.63) is 136 Å². The van der Waals surface area contributed by atoms with Gasteiger partial charge in [0.05, 0.1) is 22.8 Å². The molecule has 7 aromatic rings. The van der Waals surface area contributed by atoms with Gasteiger partial charge >= 0.3 is 0 Å². The molecule has 3 aromatic carbocycles. The number of imidazole rings is 1. The van der Waals surface area contributed by atoms with Crippen molar-refractivity contribution >= 4 is 49.2 Å². The van der Waals surface area contributed by atoms with Gasteiger partial charge < -0.3 is 10.3 Å². The molecule has 0 unspecified atom stereocenters. The van der Waals surface area contributed by atoms with E-state index < -0.39 is 32.9 Å². The molecule has 0 aliphatic heterocycles. The van der Waals surface area contributed by atoms with Crippen molar-refractivity contribution in [2.24, 2.45) is 0 Å². The highest BCUT2D eigenvalue weighted by atomic mass is 32.2. The fourth-order valence-electron chi connectivity index (χ4n) is 5.23. The van der Waals surface area contributed by atoms with Crippen LogP contribution in [0.4, 0.5) is 25.5 Å². The number of hydrogen-bond acceptors (Lipinski definition) is 9. The van der Waals surface area contributed by atoms with Crippen LogP contribution in [0.15, 0.2) is 113 Å². The number of H-pyrrole nitrogens is 1. The van der Waals surface area contributed by atoms with Gasteiger partial charge in [-0.25, -0.2) is 36.5 Å². The summed E-state index contributed by atoms with van der Waals surface area (Å²) < 4.78 is 60.5.